The maximum Gasteiger partial charge on any atom is 0.416 e. The normalized spacial score (nSPS) is 13.3. The lowest BCUT2D eigenvalue weighted by Crippen LogP contribution is -2.41. The Hall–Kier alpha value is -2.10. The van der Waals surface area contributed by atoms with Gasteiger partial charge in [0.2, 0.25) is 15.9 Å². The summed E-state index contributed by atoms with van der Waals surface area (Å²) in [5.74, 6) is -0.856. The molecular weight excluding hydrogens is 393 g/mol. The van der Waals surface area contributed by atoms with Crippen LogP contribution in [-0.4, -0.2) is 20.4 Å². The van der Waals surface area contributed by atoms with Crippen LogP contribution in [0.25, 0.3) is 0 Å². The molecule has 0 heterocycles. The molecule has 2 rings (SSSR count). The number of halogens is 4. The van der Waals surface area contributed by atoms with E-state index in [2.05, 4.69) is 10.0 Å². The molecule has 10 heteroatoms. The minimum absolute atomic E-state index is 0.0447. The van der Waals surface area contributed by atoms with Gasteiger partial charge in [-0.25, -0.2) is 8.42 Å². The molecule has 0 radical (unpaired) electrons. The van der Waals surface area contributed by atoms with Crippen molar-refractivity contribution in [2.45, 2.75) is 24.0 Å². The number of sulfonamides is 1. The molecule has 0 bridgehead atoms. The Labute approximate surface area is 153 Å². The highest BCUT2D eigenvalue weighted by Crippen LogP contribution is 2.33. The lowest BCUT2D eigenvalue weighted by molar-refractivity contribution is -0.137. The molecule has 0 saturated carbocycles. The van der Waals surface area contributed by atoms with Crippen molar-refractivity contribution in [2.75, 3.05) is 5.32 Å². The first kappa shape index (κ1) is 20.2. The fourth-order valence-electron chi connectivity index (χ4n) is 1.99. The predicted molar refractivity (Wildman–Crippen MR) is 91.3 cm³/mol. The monoisotopic (exact) mass is 406 g/mol. The molecule has 5 nitrogen and oxygen atoms in total. The van der Waals surface area contributed by atoms with Gasteiger partial charge in [0, 0.05) is 0 Å². The maximum absolute atomic E-state index is 12.8. The Morgan fingerprint density at radius 2 is 1.73 bits per heavy atom. The molecule has 2 aromatic rings. The Bertz CT molecular complexity index is 903. The average molecular weight is 407 g/mol. The van der Waals surface area contributed by atoms with Crippen molar-refractivity contribution in [3.05, 3.63) is 59.1 Å². The second-order valence-electron chi connectivity index (χ2n) is 5.34. The number of carbonyl (C=O) groups is 1. The van der Waals surface area contributed by atoms with E-state index < -0.39 is 33.7 Å². The van der Waals surface area contributed by atoms with Crippen LogP contribution in [0.5, 0.6) is 0 Å². The van der Waals surface area contributed by atoms with Gasteiger partial charge in [-0.15, -0.1) is 0 Å². The Kier molecular flexibility index (Phi) is 5.94. The predicted octanol–water partition coefficient (Wildman–Crippen LogP) is 3.66. The molecule has 1 amide bonds. The number of hydrogen-bond acceptors (Lipinski definition) is 3. The first-order valence-corrected chi connectivity index (χ1v) is 9.12. The van der Waals surface area contributed by atoms with E-state index in [9.17, 15) is 26.4 Å². The van der Waals surface area contributed by atoms with Gasteiger partial charge in [0.05, 0.1) is 27.2 Å². The van der Waals surface area contributed by atoms with E-state index in [1.807, 2.05) is 0 Å². The highest BCUT2D eigenvalue weighted by atomic mass is 35.5. The molecule has 0 fully saturated rings. The highest BCUT2D eigenvalue weighted by molar-refractivity contribution is 7.89. The van der Waals surface area contributed by atoms with E-state index in [0.29, 0.717) is 6.07 Å². The quantitative estimate of drug-likeness (QED) is 0.795. The first-order chi connectivity index (χ1) is 12.0. The fraction of sp³-hybridized carbons (Fsp3) is 0.188. The third-order valence-corrected chi connectivity index (χ3v) is 5.22. The summed E-state index contributed by atoms with van der Waals surface area (Å²) in [6.45, 7) is 1.26. The molecule has 26 heavy (non-hydrogen) atoms. The van der Waals surface area contributed by atoms with Crippen LogP contribution in [0, 0.1) is 0 Å². The molecule has 2 aromatic carbocycles. The number of benzene rings is 2. The number of hydrogen-bond donors (Lipinski definition) is 2. The van der Waals surface area contributed by atoms with Crippen LogP contribution in [0.15, 0.2) is 53.4 Å². The molecule has 0 spiro atoms. The van der Waals surface area contributed by atoms with Crippen LogP contribution in [-0.2, 0) is 21.0 Å². The highest BCUT2D eigenvalue weighted by Gasteiger charge is 2.31. The van der Waals surface area contributed by atoms with Crippen LogP contribution in [0.1, 0.15) is 12.5 Å². The molecule has 0 aliphatic rings. The third kappa shape index (κ3) is 4.96. The summed E-state index contributed by atoms with van der Waals surface area (Å²) in [5, 5.41) is 2.09. The van der Waals surface area contributed by atoms with E-state index in [0.717, 1.165) is 12.1 Å². The fourth-order valence-corrected chi connectivity index (χ4v) is 3.38. The van der Waals surface area contributed by atoms with Gasteiger partial charge >= 0.3 is 6.18 Å². The van der Waals surface area contributed by atoms with Crippen LogP contribution < -0.4 is 10.0 Å². The summed E-state index contributed by atoms with van der Waals surface area (Å²) in [6, 6.07) is 8.56. The van der Waals surface area contributed by atoms with Crippen molar-refractivity contribution in [1.29, 1.82) is 0 Å². The van der Waals surface area contributed by atoms with Crippen molar-refractivity contribution in [2.24, 2.45) is 0 Å². The molecular formula is C16H14ClF3N2O3S. The minimum Gasteiger partial charge on any atom is -0.323 e. The van der Waals surface area contributed by atoms with Crippen LogP contribution in [0.3, 0.4) is 0 Å². The van der Waals surface area contributed by atoms with Crippen LogP contribution >= 0.6 is 11.6 Å². The SMILES string of the molecule is C[C@@H](NS(=O)(=O)c1ccccc1)C(=O)Nc1cc(C(F)(F)F)ccc1Cl. The number of amides is 1. The van der Waals surface area contributed by atoms with E-state index in [1.54, 1.807) is 6.07 Å². The van der Waals surface area contributed by atoms with Gasteiger partial charge in [-0.05, 0) is 37.3 Å². The van der Waals surface area contributed by atoms with Gasteiger partial charge in [-0.2, -0.15) is 17.9 Å². The van der Waals surface area contributed by atoms with Crippen LogP contribution in [0.4, 0.5) is 18.9 Å². The summed E-state index contributed by atoms with van der Waals surface area (Å²) in [7, 11) is -3.96. The molecule has 0 aromatic heterocycles. The standard InChI is InChI=1S/C16H14ClF3N2O3S/c1-10(22-26(24,25)12-5-3-2-4-6-12)15(23)21-14-9-11(16(18,19)20)7-8-13(14)17/h2-10,22H,1H3,(H,21,23)/t10-/m1/s1. The zero-order valence-corrected chi connectivity index (χ0v) is 14.9. The Balaban J connectivity index is 2.15. The number of nitrogens with one attached hydrogen (secondary N) is 2. The third-order valence-electron chi connectivity index (χ3n) is 3.33. The zero-order chi connectivity index (χ0) is 19.5. The van der Waals surface area contributed by atoms with Crippen molar-refractivity contribution < 1.29 is 26.4 Å². The lowest BCUT2D eigenvalue weighted by atomic mass is 10.2. The van der Waals surface area contributed by atoms with Crippen molar-refractivity contribution in [3.8, 4) is 0 Å². The summed E-state index contributed by atoms with van der Waals surface area (Å²) >= 11 is 5.80. The smallest absolute Gasteiger partial charge is 0.323 e. The number of carbonyl (C=O) groups excluding carboxylic acids is 1. The van der Waals surface area contributed by atoms with Gasteiger partial charge in [0.15, 0.2) is 0 Å². The maximum atomic E-state index is 12.8. The molecule has 2 N–H and O–H groups in total. The van der Waals surface area contributed by atoms with Gasteiger partial charge < -0.3 is 5.32 Å². The van der Waals surface area contributed by atoms with Gasteiger partial charge in [0.25, 0.3) is 0 Å². The average Bonchev–Trinajstić information content (AvgIpc) is 2.56. The number of anilines is 1. The molecule has 140 valence electrons. The summed E-state index contributed by atoms with van der Waals surface area (Å²) < 4.78 is 64.8. The minimum atomic E-state index is -4.61. The summed E-state index contributed by atoms with van der Waals surface area (Å²) in [4.78, 5) is 12.1. The second kappa shape index (κ2) is 7.65. The van der Waals surface area contributed by atoms with Crippen molar-refractivity contribution in [3.63, 3.8) is 0 Å². The van der Waals surface area contributed by atoms with E-state index >= 15 is 0 Å². The number of rotatable bonds is 5. The summed E-state index contributed by atoms with van der Waals surface area (Å²) in [6.07, 6.45) is -4.61. The number of alkyl halides is 3. The summed E-state index contributed by atoms with van der Waals surface area (Å²) in [5.41, 5.74) is -1.26. The largest absolute Gasteiger partial charge is 0.416 e. The molecule has 0 saturated heterocycles. The van der Waals surface area contributed by atoms with E-state index in [1.165, 1.54) is 31.2 Å². The first-order valence-electron chi connectivity index (χ1n) is 7.26. The lowest BCUT2D eigenvalue weighted by Gasteiger charge is -2.16. The van der Waals surface area contributed by atoms with Gasteiger partial charge in [0.1, 0.15) is 0 Å². The Morgan fingerprint density at radius 3 is 2.31 bits per heavy atom. The van der Waals surface area contributed by atoms with Gasteiger partial charge in [-0.1, -0.05) is 29.8 Å². The molecule has 0 aliphatic heterocycles. The topological polar surface area (TPSA) is 75.3 Å². The zero-order valence-electron chi connectivity index (χ0n) is 13.3. The second-order valence-corrected chi connectivity index (χ2v) is 7.46. The van der Waals surface area contributed by atoms with Gasteiger partial charge in [-0.3, -0.25) is 4.79 Å². The molecule has 0 aliphatic carbocycles. The molecule has 1 atom stereocenters. The van der Waals surface area contributed by atoms with E-state index in [-0.39, 0.29) is 15.6 Å². The van der Waals surface area contributed by atoms with Crippen LogP contribution in [0.2, 0.25) is 5.02 Å². The molecule has 0 unspecified atom stereocenters. The van der Waals surface area contributed by atoms with Crippen molar-refractivity contribution in [1.82, 2.24) is 4.72 Å². The van der Waals surface area contributed by atoms with Crippen molar-refractivity contribution >= 4 is 33.2 Å². The Morgan fingerprint density at radius 1 is 1.12 bits per heavy atom. The van der Waals surface area contributed by atoms with E-state index in [4.69, 9.17) is 11.6 Å².